The lowest BCUT2D eigenvalue weighted by Gasteiger charge is -2.41. The molecule has 1 aliphatic carbocycles. The predicted molar refractivity (Wildman–Crippen MR) is 124 cm³/mol. The number of likely N-dealkylation sites (N-methyl/N-ethyl adjacent to an activating group) is 1. The summed E-state index contributed by atoms with van der Waals surface area (Å²) in [5, 5.41) is 9.33. The van der Waals surface area contributed by atoms with E-state index >= 15 is 0 Å². The molecule has 2 aliphatic rings. The number of carboxylic acids is 1. The van der Waals surface area contributed by atoms with E-state index in [9.17, 15) is 19.5 Å². The van der Waals surface area contributed by atoms with Gasteiger partial charge in [-0.25, -0.2) is 9.59 Å². The molecule has 0 saturated carbocycles. The Hall–Kier alpha value is -3.35. The summed E-state index contributed by atoms with van der Waals surface area (Å²) in [6, 6.07) is 14.6. The molecule has 174 valence electrons. The first kappa shape index (κ1) is 22.8. The van der Waals surface area contributed by atoms with Gasteiger partial charge in [-0.3, -0.25) is 9.69 Å². The van der Waals surface area contributed by atoms with Crippen LogP contribution in [0.1, 0.15) is 43.7 Å². The topological polar surface area (TPSA) is 87.2 Å². The average molecular weight is 451 g/mol. The Morgan fingerprint density at radius 3 is 2.12 bits per heavy atom. The molecule has 2 atom stereocenters. The molecule has 0 spiro atoms. The zero-order chi connectivity index (χ0) is 23.7. The van der Waals surface area contributed by atoms with Crippen LogP contribution in [0.5, 0.6) is 0 Å². The Morgan fingerprint density at radius 1 is 1.06 bits per heavy atom. The number of rotatable bonds is 7. The molecule has 1 saturated heterocycles. The molecule has 2 aromatic rings. The average Bonchev–Trinajstić information content (AvgIpc) is 3.07. The van der Waals surface area contributed by atoms with Crippen LogP contribution in [0.4, 0.5) is 4.79 Å². The second-order valence-corrected chi connectivity index (χ2v) is 9.23. The van der Waals surface area contributed by atoms with Crippen molar-refractivity contribution in [3.8, 4) is 11.1 Å². The SMILES string of the molecule is CC(C)C[C@@H](C(=O)N1CC[C@H]1C(=O)O)N(C)C(=O)OCC1c2ccccc2-c2ccccc21. The lowest BCUT2D eigenvalue weighted by Crippen LogP contribution is -2.60. The van der Waals surface area contributed by atoms with Crippen LogP contribution in [0.25, 0.3) is 11.1 Å². The Bertz CT molecular complexity index is 1020. The zero-order valence-corrected chi connectivity index (χ0v) is 19.2. The number of aliphatic carboxylic acids is 1. The van der Waals surface area contributed by atoms with Crippen LogP contribution in [0, 0.1) is 5.92 Å². The fourth-order valence-corrected chi connectivity index (χ4v) is 4.79. The fourth-order valence-electron chi connectivity index (χ4n) is 4.79. The second kappa shape index (κ2) is 9.25. The molecule has 33 heavy (non-hydrogen) atoms. The van der Waals surface area contributed by atoms with Crippen molar-refractivity contribution in [3.05, 3.63) is 59.7 Å². The van der Waals surface area contributed by atoms with Crippen molar-refractivity contribution in [1.82, 2.24) is 9.80 Å². The van der Waals surface area contributed by atoms with Crippen LogP contribution in [-0.4, -0.2) is 65.2 Å². The second-order valence-electron chi connectivity index (χ2n) is 9.23. The van der Waals surface area contributed by atoms with Crippen molar-refractivity contribution in [3.63, 3.8) is 0 Å². The Balaban J connectivity index is 1.48. The fraction of sp³-hybridized carbons (Fsp3) is 0.423. The van der Waals surface area contributed by atoms with E-state index < -0.39 is 24.1 Å². The van der Waals surface area contributed by atoms with Gasteiger partial charge in [0.2, 0.25) is 5.91 Å². The number of benzene rings is 2. The lowest BCUT2D eigenvalue weighted by atomic mass is 9.96. The molecule has 7 nitrogen and oxygen atoms in total. The maximum atomic E-state index is 13.1. The lowest BCUT2D eigenvalue weighted by molar-refractivity contribution is -0.159. The minimum atomic E-state index is -1.01. The summed E-state index contributed by atoms with van der Waals surface area (Å²) in [6.45, 7) is 4.50. The van der Waals surface area contributed by atoms with Gasteiger partial charge in [-0.05, 0) is 41.0 Å². The van der Waals surface area contributed by atoms with Gasteiger partial charge in [0.05, 0.1) is 0 Å². The maximum absolute atomic E-state index is 13.1. The van der Waals surface area contributed by atoms with E-state index in [0.717, 1.165) is 22.3 Å². The van der Waals surface area contributed by atoms with Gasteiger partial charge in [0.15, 0.2) is 0 Å². The first-order chi connectivity index (χ1) is 15.8. The smallest absolute Gasteiger partial charge is 0.410 e. The number of nitrogens with zero attached hydrogens (tertiary/aromatic N) is 2. The van der Waals surface area contributed by atoms with E-state index in [0.29, 0.717) is 19.4 Å². The van der Waals surface area contributed by atoms with E-state index in [1.807, 2.05) is 38.1 Å². The number of likely N-dealkylation sites (tertiary alicyclic amines) is 1. The summed E-state index contributed by atoms with van der Waals surface area (Å²) < 4.78 is 5.72. The summed E-state index contributed by atoms with van der Waals surface area (Å²) in [5.41, 5.74) is 4.53. The van der Waals surface area contributed by atoms with Gasteiger partial charge in [0, 0.05) is 19.5 Å². The number of carbonyl (C=O) groups excluding carboxylic acids is 2. The van der Waals surface area contributed by atoms with Crippen molar-refractivity contribution in [1.29, 1.82) is 0 Å². The normalized spacial score (nSPS) is 17.7. The van der Waals surface area contributed by atoms with Gasteiger partial charge in [0.1, 0.15) is 18.7 Å². The Morgan fingerprint density at radius 2 is 1.64 bits per heavy atom. The van der Waals surface area contributed by atoms with Crippen molar-refractivity contribution in [2.45, 2.75) is 44.7 Å². The molecule has 2 aromatic carbocycles. The first-order valence-electron chi connectivity index (χ1n) is 11.4. The number of fused-ring (bicyclic) bond motifs is 3. The molecule has 2 amide bonds. The predicted octanol–water partition coefficient (Wildman–Crippen LogP) is 3.97. The standard InChI is InChI=1S/C26H30N2O5/c1-16(2)14-23(24(29)28-13-12-22(28)25(30)31)27(3)26(32)33-15-21-19-10-6-4-8-17(19)18-9-5-7-11-20(18)21/h4-11,16,21-23H,12-15H2,1-3H3,(H,30,31)/t22-,23-/m0/s1. The Labute approximate surface area is 193 Å². The number of amides is 2. The largest absolute Gasteiger partial charge is 0.480 e. The molecule has 0 unspecified atom stereocenters. The number of hydrogen-bond acceptors (Lipinski definition) is 4. The van der Waals surface area contributed by atoms with Gasteiger partial charge >= 0.3 is 12.1 Å². The third kappa shape index (κ3) is 4.32. The molecule has 1 aliphatic heterocycles. The number of ether oxygens (including phenoxy) is 1. The molecule has 1 heterocycles. The van der Waals surface area contributed by atoms with Crippen molar-refractivity contribution >= 4 is 18.0 Å². The zero-order valence-electron chi connectivity index (χ0n) is 19.2. The molecule has 4 rings (SSSR count). The molecule has 0 radical (unpaired) electrons. The van der Waals surface area contributed by atoms with Crippen molar-refractivity contribution in [2.75, 3.05) is 20.2 Å². The van der Waals surface area contributed by atoms with E-state index in [1.54, 1.807) is 7.05 Å². The van der Waals surface area contributed by atoms with Gasteiger partial charge < -0.3 is 14.7 Å². The van der Waals surface area contributed by atoms with Crippen molar-refractivity contribution in [2.24, 2.45) is 5.92 Å². The molecule has 0 aromatic heterocycles. The molecule has 0 bridgehead atoms. The number of hydrogen-bond donors (Lipinski definition) is 1. The van der Waals surface area contributed by atoms with Gasteiger partial charge in [-0.2, -0.15) is 0 Å². The quantitative estimate of drug-likeness (QED) is 0.690. The van der Waals surface area contributed by atoms with Crippen LogP contribution in [-0.2, 0) is 14.3 Å². The molecular formula is C26H30N2O5. The van der Waals surface area contributed by atoms with Crippen LogP contribution in [0.3, 0.4) is 0 Å². The number of carbonyl (C=O) groups is 3. The summed E-state index contributed by atoms with van der Waals surface area (Å²) in [7, 11) is 1.55. The monoisotopic (exact) mass is 450 g/mol. The summed E-state index contributed by atoms with van der Waals surface area (Å²) in [4.78, 5) is 40.2. The summed E-state index contributed by atoms with van der Waals surface area (Å²) >= 11 is 0. The Kier molecular flexibility index (Phi) is 6.40. The van der Waals surface area contributed by atoms with Gasteiger partial charge in [-0.15, -0.1) is 0 Å². The highest BCUT2D eigenvalue weighted by atomic mass is 16.6. The van der Waals surface area contributed by atoms with Crippen LogP contribution < -0.4 is 0 Å². The van der Waals surface area contributed by atoms with Crippen LogP contribution >= 0.6 is 0 Å². The van der Waals surface area contributed by atoms with E-state index in [1.165, 1.54) is 9.80 Å². The third-order valence-corrected chi connectivity index (χ3v) is 6.66. The molecular weight excluding hydrogens is 420 g/mol. The van der Waals surface area contributed by atoms with E-state index in [2.05, 4.69) is 24.3 Å². The molecule has 7 heteroatoms. The highest BCUT2D eigenvalue weighted by molar-refractivity contribution is 5.90. The number of carboxylic acid groups (broad SMARTS) is 1. The summed E-state index contributed by atoms with van der Waals surface area (Å²) in [6.07, 6.45) is 0.287. The minimum absolute atomic E-state index is 0.0687. The first-order valence-corrected chi connectivity index (χ1v) is 11.4. The van der Waals surface area contributed by atoms with Gasteiger partial charge in [-0.1, -0.05) is 62.4 Å². The summed E-state index contributed by atoms with van der Waals surface area (Å²) in [5.74, 6) is -1.27. The van der Waals surface area contributed by atoms with Crippen molar-refractivity contribution < 1.29 is 24.2 Å². The van der Waals surface area contributed by atoms with Crippen LogP contribution in [0.15, 0.2) is 48.5 Å². The van der Waals surface area contributed by atoms with E-state index in [-0.39, 0.29) is 24.3 Å². The highest BCUT2D eigenvalue weighted by Crippen LogP contribution is 2.44. The van der Waals surface area contributed by atoms with Gasteiger partial charge in [0.25, 0.3) is 0 Å². The highest BCUT2D eigenvalue weighted by Gasteiger charge is 2.42. The van der Waals surface area contributed by atoms with E-state index in [4.69, 9.17) is 4.74 Å². The third-order valence-electron chi connectivity index (χ3n) is 6.66. The maximum Gasteiger partial charge on any atom is 0.410 e. The molecule has 1 fully saturated rings. The minimum Gasteiger partial charge on any atom is -0.480 e. The molecule has 1 N–H and O–H groups in total. The van der Waals surface area contributed by atoms with Crippen LogP contribution in [0.2, 0.25) is 0 Å².